The van der Waals surface area contributed by atoms with Crippen molar-refractivity contribution in [2.24, 2.45) is 0 Å². The molecule has 0 amide bonds. The molecule has 1 N–H and O–H groups in total. The fourth-order valence-corrected chi connectivity index (χ4v) is 2.74. The lowest BCUT2D eigenvalue weighted by atomic mass is 10.1. The number of aldehydes is 1. The summed E-state index contributed by atoms with van der Waals surface area (Å²) in [7, 11) is 1.68. The van der Waals surface area contributed by atoms with Crippen LogP contribution in [0.5, 0.6) is 5.75 Å². The predicted molar refractivity (Wildman–Crippen MR) is 117 cm³/mol. The van der Waals surface area contributed by atoms with Crippen molar-refractivity contribution in [2.45, 2.75) is 32.9 Å². The summed E-state index contributed by atoms with van der Waals surface area (Å²) in [6.07, 6.45) is 5.40. The zero-order valence-corrected chi connectivity index (χ0v) is 18.4. The van der Waals surface area contributed by atoms with Crippen molar-refractivity contribution in [1.29, 1.82) is 0 Å². The molecule has 0 spiro atoms. The van der Waals surface area contributed by atoms with Crippen molar-refractivity contribution >= 4 is 12.0 Å². The number of nitrogens with one attached hydrogen (secondary N) is 1. The first-order valence-electron chi connectivity index (χ1n) is 10.2. The van der Waals surface area contributed by atoms with Crippen LogP contribution in [0.15, 0.2) is 52.2 Å². The minimum Gasteiger partial charge on any atom is -0.435 e. The van der Waals surface area contributed by atoms with Crippen LogP contribution < -0.4 is 15.6 Å². The molecule has 3 heterocycles. The summed E-state index contributed by atoms with van der Waals surface area (Å²) in [5.41, 5.74) is 2.65. The Balaban J connectivity index is 0.000000202. The SMILES string of the molecule is CCOC.FC(F)Oc1ccc(-c2ccon2)cc1.O=CCn1cnc2c(c1=O)NCCC2. The first kappa shape index (κ1) is 25.7. The van der Waals surface area contributed by atoms with Gasteiger partial charge in [-0.3, -0.25) is 9.36 Å². The van der Waals surface area contributed by atoms with Crippen LogP contribution >= 0.6 is 0 Å². The highest BCUT2D eigenvalue weighted by molar-refractivity contribution is 5.59. The first-order valence-corrected chi connectivity index (χ1v) is 10.2. The lowest BCUT2D eigenvalue weighted by molar-refractivity contribution is -0.108. The number of ether oxygens (including phenoxy) is 2. The van der Waals surface area contributed by atoms with E-state index in [4.69, 9.17) is 0 Å². The molecule has 33 heavy (non-hydrogen) atoms. The number of aryl methyl sites for hydroxylation is 1. The molecular formula is C22H26F2N4O5. The quantitative estimate of drug-likeness (QED) is 0.553. The summed E-state index contributed by atoms with van der Waals surface area (Å²) >= 11 is 0. The Labute approximate surface area is 189 Å². The number of alkyl halides is 2. The maximum atomic E-state index is 11.8. The van der Waals surface area contributed by atoms with E-state index >= 15 is 0 Å². The summed E-state index contributed by atoms with van der Waals surface area (Å²) in [6, 6.07) is 7.86. The fourth-order valence-electron chi connectivity index (χ4n) is 2.74. The average Bonchev–Trinajstić information content (AvgIpc) is 3.37. The fraction of sp³-hybridized carbons (Fsp3) is 0.364. The molecule has 9 nitrogen and oxygen atoms in total. The van der Waals surface area contributed by atoms with Crippen LogP contribution in [0.25, 0.3) is 11.3 Å². The number of aromatic nitrogens is 3. The predicted octanol–water partition coefficient (Wildman–Crippen LogP) is 3.40. The van der Waals surface area contributed by atoms with Gasteiger partial charge in [0.05, 0.1) is 18.6 Å². The van der Waals surface area contributed by atoms with E-state index in [-0.39, 0.29) is 17.9 Å². The number of methoxy groups -OCH3 is 1. The van der Waals surface area contributed by atoms with Crippen molar-refractivity contribution < 1.29 is 27.6 Å². The van der Waals surface area contributed by atoms with Crippen molar-refractivity contribution in [1.82, 2.24) is 14.7 Å². The Morgan fingerprint density at radius 2 is 2.00 bits per heavy atom. The third-order valence-electron chi connectivity index (χ3n) is 4.38. The van der Waals surface area contributed by atoms with E-state index in [0.717, 1.165) is 37.3 Å². The lowest BCUT2D eigenvalue weighted by Crippen LogP contribution is -2.29. The van der Waals surface area contributed by atoms with E-state index < -0.39 is 6.61 Å². The highest BCUT2D eigenvalue weighted by Gasteiger charge is 2.14. The molecular weight excluding hydrogens is 438 g/mol. The molecule has 0 bridgehead atoms. The number of benzene rings is 1. The Kier molecular flexibility index (Phi) is 10.7. The van der Waals surface area contributed by atoms with Gasteiger partial charge >= 0.3 is 6.61 Å². The molecule has 0 radical (unpaired) electrons. The van der Waals surface area contributed by atoms with Gasteiger partial charge in [0.1, 0.15) is 29.7 Å². The van der Waals surface area contributed by atoms with E-state index in [9.17, 15) is 18.4 Å². The van der Waals surface area contributed by atoms with Crippen molar-refractivity contribution in [3.8, 4) is 17.0 Å². The molecule has 1 aromatic carbocycles. The van der Waals surface area contributed by atoms with Gasteiger partial charge in [0.15, 0.2) is 0 Å². The largest absolute Gasteiger partial charge is 0.435 e. The maximum Gasteiger partial charge on any atom is 0.387 e. The van der Waals surface area contributed by atoms with Crippen molar-refractivity contribution in [3.05, 3.63) is 59.0 Å². The molecule has 0 atom stereocenters. The third-order valence-corrected chi connectivity index (χ3v) is 4.38. The van der Waals surface area contributed by atoms with E-state index in [1.807, 2.05) is 6.92 Å². The number of hydrogen-bond donors (Lipinski definition) is 1. The van der Waals surface area contributed by atoms with Gasteiger partial charge in [0, 0.05) is 31.9 Å². The minimum atomic E-state index is -2.80. The number of nitrogens with zero attached hydrogens (tertiary/aromatic N) is 3. The minimum absolute atomic E-state index is 0.0702. The second-order valence-electron chi connectivity index (χ2n) is 6.59. The van der Waals surface area contributed by atoms with Gasteiger partial charge in [-0.2, -0.15) is 8.78 Å². The second kappa shape index (κ2) is 13.7. The van der Waals surface area contributed by atoms with E-state index in [1.165, 1.54) is 29.3 Å². The van der Waals surface area contributed by atoms with Crippen LogP contribution in [-0.2, 0) is 22.5 Å². The highest BCUT2D eigenvalue weighted by atomic mass is 19.3. The monoisotopic (exact) mass is 464 g/mol. The zero-order valence-electron chi connectivity index (χ0n) is 18.4. The van der Waals surface area contributed by atoms with Gasteiger partial charge in [-0.1, -0.05) is 5.16 Å². The number of halogens is 2. The Hall–Kier alpha value is -3.60. The molecule has 0 saturated heterocycles. The molecule has 0 saturated carbocycles. The van der Waals surface area contributed by atoms with Crippen molar-refractivity contribution in [3.63, 3.8) is 0 Å². The average molecular weight is 464 g/mol. The van der Waals surface area contributed by atoms with Gasteiger partial charge in [0.25, 0.3) is 5.56 Å². The smallest absolute Gasteiger partial charge is 0.387 e. The number of carbonyl (C=O) groups is 1. The molecule has 0 fully saturated rings. The molecule has 1 aliphatic heterocycles. The van der Waals surface area contributed by atoms with E-state index in [2.05, 4.69) is 29.5 Å². The van der Waals surface area contributed by atoms with Crippen LogP contribution in [0.2, 0.25) is 0 Å². The van der Waals surface area contributed by atoms with Gasteiger partial charge < -0.3 is 24.1 Å². The molecule has 11 heteroatoms. The van der Waals surface area contributed by atoms with Crippen LogP contribution in [0.3, 0.4) is 0 Å². The standard InChI is InChI=1S/C10H7F2NO2.C9H11N3O2.C3H8O/c11-10(12)15-8-3-1-7(2-4-8)9-5-6-14-13-9;13-5-4-12-6-11-7-2-1-3-10-8(7)9(12)14;1-3-4-2/h1-6,10H;5-6,10H,1-4H2;3H2,1-2H3. The number of hydrogen-bond acceptors (Lipinski definition) is 8. The molecule has 0 aliphatic carbocycles. The second-order valence-corrected chi connectivity index (χ2v) is 6.59. The highest BCUT2D eigenvalue weighted by Crippen LogP contribution is 2.21. The van der Waals surface area contributed by atoms with Gasteiger partial charge in [0.2, 0.25) is 0 Å². The number of rotatable bonds is 6. The molecule has 178 valence electrons. The number of anilines is 1. The van der Waals surface area contributed by atoms with Crippen molar-refractivity contribution in [2.75, 3.05) is 25.6 Å². The first-order chi connectivity index (χ1) is 16.0. The summed E-state index contributed by atoms with van der Waals surface area (Å²) in [6.45, 7) is 0.846. The van der Waals surface area contributed by atoms with E-state index in [1.54, 1.807) is 25.3 Å². The lowest BCUT2D eigenvalue weighted by Gasteiger charge is -2.16. The van der Waals surface area contributed by atoms with Crippen LogP contribution in [0.1, 0.15) is 19.0 Å². The van der Waals surface area contributed by atoms with Crippen LogP contribution in [0.4, 0.5) is 14.5 Å². The zero-order chi connectivity index (χ0) is 24.1. The summed E-state index contributed by atoms with van der Waals surface area (Å²) in [5, 5.41) is 6.73. The van der Waals surface area contributed by atoms with Gasteiger partial charge in [-0.15, -0.1) is 0 Å². The molecule has 3 aromatic rings. The Morgan fingerprint density at radius 3 is 2.58 bits per heavy atom. The normalized spacial score (nSPS) is 11.8. The Morgan fingerprint density at radius 1 is 1.27 bits per heavy atom. The summed E-state index contributed by atoms with van der Waals surface area (Å²) in [4.78, 5) is 26.1. The summed E-state index contributed by atoms with van der Waals surface area (Å²) < 4.78 is 38.4. The topological polar surface area (TPSA) is 108 Å². The van der Waals surface area contributed by atoms with Crippen LogP contribution in [-0.4, -0.2) is 47.9 Å². The van der Waals surface area contributed by atoms with E-state index in [0.29, 0.717) is 17.7 Å². The molecule has 2 aromatic heterocycles. The summed E-state index contributed by atoms with van der Waals surface area (Å²) in [5.74, 6) is 0.122. The Bertz CT molecular complexity index is 1020. The number of fused-ring (bicyclic) bond motifs is 1. The molecule has 1 aliphatic rings. The third kappa shape index (κ3) is 8.11. The number of carbonyl (C=O) groups excluding carboxylic acids is 1. The van der Waals surface area contributed by atoms with Gasteiger partial charge in [-0.25, -0.2) is 4.98 Å². The molecule has 4 rings (SSSR count). The maximum absolute atomic E-state index is 11.8. The van der Waals surface area contributed by atoms with Gasteiger partial charge in [-0.05, 0) is 44.0 Å². The van der Waals surface area contributed by atoms with Crippen LogP contribution in [0, 0.1) is 0 Å². The molecule has 0 unspecified atom stereocenters.